The van der Waals surface area contributed by atoms with E-state index in [-0.39, 0.29) is 23.2 Å². The molecule has 0 atom stereocenters. The number of nitrogens with zero attached hydrogens (tertiary/aromatic N) is 4. The summed E-state index contributed by atoms with van der Waals surface area (Å²) in [6.45, 7) is 4.98. The maximum Gasteiger partial charge on any atom is 0.277 e. The Balaban J connectivity index is 0.00000164. The van der Waals surface area contributed by atoms with Crippen LogP contribution in [0.5, 0.6) is 11.5 Å². The van der Waals surface area contributed by atoms with Crippen molar-refractivity contribution in [2.75, 3.05) is 37.1 Å². The molecule has 0 radical (unpaired) electrons. The van der Waals surface area contributed by atoms with E-state index >= 15 is 0 Å². The average Bonchev–Trinajstić information content (AvgIpc) is 3.35. The van der Waals surface area contributed by atoms with Crippen LogP contribution in [0.4, 0.5) is 11.4 Å². The number of hydrogen-bond acceptors (Lipinski definition) is 6. The topological polar surface area (TPSA) is 120 Å². The minimum atomic E-state index is -0.687. The van der Waals surface area contributed by atoms with Gasteiger partial charge in [-0.15, -0.1) is 0 Å². The molecule has 0 spiro atoms. The summed E-state index contributed by atoms with van der Waals surface area (Å²) in [5.41, 5.74) is 8.39. The van der Waals surface area contributed by atoms with Crippen molar-refractivity contribution >= 4 is 29.1 Å². The summed E-state index contributed by atoms with van der Waals surface area (Å²) < 4.78 is 12.3. The van der Waals surface area contributed by atoms with Gasteiger partial charge < -0.3 is 25.0 Å². The highest BCUT2D eigenvalue weighted by atomic mass is 16.5. The minimum Gasteiger partial charge on any atom is -0.497 e. The fourth-order valence-electron chi connectivity index (χ4n) is 4.83. The highest BCUT2D eigenvalue weighted by molar-refractivity contribution is 6.10. The van der Waals surface area contributed by atoms with Gasteiger partial charge in [-0.2, -0.15) is 5.10 Å². The third-order valence-electron chi connectivity index (χ3n) is 6.66. The molecule has 3 heterocycles. The predicted octanol–water partition coefficient (Wildman–Crippen LogP) is 3.73. The summed E-state index contributed by atoms with van der Waals surface area (Å²) >= 11 is 0. The Morgan fingerprint density at radius 1 is 0.895 bits per heavy atom. The Hall–Kier alpha value is -4.34. The van der Waals surface area contributed by atoms with Crippen LogP contribution in [0, 0.1) is 0 Å². The van der Waals surface area contributed by atoms with Crippen molar-refractivity contribution in [2.24, 2.45) is 5.73 Å². The van der Waals surface area contributed by atoms with Gasteiger partial charge in [0.05, 0.1) is 25.6 Å². The number of fused-ring (bicyclic) bond motifs is 1. The number of amides is 3. The summed E-state index contributed by atoms with van der Waals surface area (Å²) in [7, 11) is 3.10. The fourth-order valence-corrected chi connectivity index (χ4v) is 4.83. The molecule has 3 aromatic rings. The SMILES string of the molecule is CC.COc1ccc(-n2nc(C(N)=O)c3c2C(=O)N(c2ccc(N4CCCCC4=O)cc2OC)CC3)cc1. The van der Waals surface area contributed by atoms with E-state index < -0.39 is 5.91 Å². The lowest BCUT2D eigenvalue weighted by Crippen LogP contribution is -2.39. The van der Waals surface area contributed by atoms with Gasteiger partial charge in [0.2, 0.25) is 5.91 Å². The van der Waals surface area contributed by atoms with Crippen LogP contribution in [-0.4, -0.2) is 54.8 Å². The Labute approximate surface area is 221 Å². The number of benzene rings is 2. The van der Waals surface area contributed by atoms with E-state index in [1.807, 2.05) is 19.9 Å². The third kappa shape index (κ3) is 4.81. The fraction of sp³-hybridized carbons (Fsp3) is 0.357. The quantitative estimate of drug-likeness (QED) is 0.530. The molecule has 0 aliphatic carbocycles. The first-order valence-electron chi connectivity index (χ1n) is 12.8. The molecule has 0 unspecified atom stereocenters. The molecule has 3 amide bonds. The van der Waals surface area contributed by atoms with Crippen molar-refractivity contribution < 1.29 is 23.9 Å². The Morgan fingerprint density at radius 3 is 2.24 bits per heavy atom. The van der Waals surface area contributed by atoms with Gasteiger partial charge in [-0.1, -0.05) is 13.8 Å². The van der Waals surface area contributed by atoms with Crippen LogP contribution in [0.3, 0.4) is 0 Å². The van der Waals surface area contributed by atoms with E-state index in [1.165, 1.54) is 11.8 Å². The number of hydrogen-bond donors (Lipinski definition) is 1. The second kappa shape index (κ2) is 11.4. The summed E-state index contributed by atoms with van der Waals surface area (Å²) in [6.07, 6.45) is 2.76. The van der Waals surface area contributed by atoms with Crippen molar-refractivity contribution in [1.29, 1.82) is 0 Å². The van der Waals surface area contributed by atoms with Gasteiger partial charge in [0, 0.05) is 36.8 Å². The second-order valence-electron chi connectivity index (χ2n) is 8.72. The molecule has 2 aromatic carbocycles. The van der Waals surface area contributed by atoms with Gasteiger partial charge in [-0.05, 0) is 55.7 Å². The molecule has 1 aromatic heterocycles. The zero-order valence-electron chi connectivity index (χ0n) is 22.2. The van der Waals surface area contributed by atoms with Crippen LogP contribution in [-0.2, 0) is 11.2 Å². The van der Waals surface area contributed by atoms with Crippen LogP contribution in [0.15, 0.2) is 42.5 Å². The van der Waals surface area contributed by atoms with Crippen molar-refractivity contribution in [3.8, 4) is 17.2 Å². The lowest BCUT2D eigenvalue weighted by atomic mass is 10.0. The number of ether oxygens (including phenoxy) is 2. The molecule has 5 rings (SSSR count). The second-order valence-corrected chi connectivity index (χ2v) is 8.72. The number of piperidine rings is 1. The largest absolute Gasteiger partial charge is 0.497 e. The molecule has 200 valence electrons. The number of aromatic nitrogens is 2. The number of rotatable bonds is 6. The van der Waals surface area contributed by atoms with Crippen molar-refractivity contribution in [2.45, 2.75) is 39.5 Å². The lowest BCUT2D eigenvalue weighted by molar-refractivity contribution is -0.119. The van der Waals surface area contributed by atoms with Gasteiger partial charge in [0.25, 0.3) is 11.8 Å². The molecule has 1 fully saturated rings. The van der Waals surface area contributed by atoms with Crippen molar-refractivity contribution in [1.82, 2.24) is 9.78 Å². The Bertz CT molecular complexity index is 1350. The number of methoxy groups -OCH3 is 2. The first kappa shape index (κ1) is 26.7. The van der Waals surface area contributed by atoms with Crippen LogP contribution in [0.2, 0.25) is 0 Å². The van der Waals surface area contributed by atoms with Crippen LogP contribution < -0.4 is 25.0 Å². The molecular weight excluding hydrogens is 486 g/mol. The maximum atomic E-state index is 13.8. The van der Waals surface area contributed by atoms with E-state index in [9.17, 15) is 14.4 Å². The molecule has 1 saturated heterocycles. The van der Waals surface area contributed by atoms with Gasteiger partial charge in [-0.25, -0.2) is 4.68 Å². The molecule has 38 heavy (non-hydrogen) atoms. The first-order chi connectivity index (χ1) is 18.4. The van der Waals surface area contributed by atoms with Crippen LogP contribution in [0.25, 0.3) is 5.69 Å². The zero-order valence-corrected chi connectivity index (χ0v) is 22.2. The number of primary amides is 1. The summed E-state index contributed by atoms with van der Waals surface area (Å²) in [5.74, 6) is 0.199. The number of carbonyl (C=O) groups is 3. The highest BCUT2D eigenvalue weighted by Gasteiger charge is 2.36. The molecule has 10 heteroatoms. The normalized spacial score (nSPS) is 14.9. The van der Waals surface area contributed by atoms with Gasteiger partial charge in [0.15, 0.2) is 5.69 Å². The summed E-state index contributed by atoms with van der Waals surface area (Å²) in [6, 6.07) is 12.4. The number of carbonyl (C=O) groups excluding carboxylic acids is 3. The molecule has 2 aliphatic rings. The standard InChI is InChI=1S/C26H27N5O5.C2H6/c1-35-18-9-6-16(7-10-18)31-24-19(23(28-31)25(27)33)12-14-30(26(24)34)20-11-8-17(15-21(20)36-2)29-13-4-3-5-22(29)32;1-2/h6-11,15H,3-5,12-14H2,1-2H3,(H2,27,33);1-2H3. The van der Waals surface area contributed by atoms with Crippen molar-refractivity contribution in [3.63, 3.8) is 0 Å². The molecule has 2 aliphatic heterocycles. The highest BCUT2D eigenvalue weighted by Crippen LogP contribution is 2.37. The van der Waals surface area contributed by atoms with Gasteiger partial charge >= 0.3 is 0 Å². The van der Waals surface area contributed by atoms with Gasteiger partial charge in [0.1, 0.15) is 17.2 Å². The minimum absolute atomic E-state index is 0.0807. The molecule has 10 nitrogen and oxygen atoms in total. The monoisotopic (exact) mass is 519 g/mol. The molecule has 0 saturated carbocycles. The number of anilines is 2. The van der Waals surface area contributed by atoms with E-state index in [2.05, 4.69) is 5.10 Å². The smallest absolute Gasteiger partial charge is 0.277 e. The molecule has 0 bridgehead atoms. The van der Waals surface area contributed by atoms with E-state index in [0.717, 1.165) is 18.5 Å². The van der Waals surface area contributed by atoms with E-state index in [1.54, 1.807) is 53.3 Å². The summed E-state index contributed by atoms with van der Waals surface area (Å²) in [5, 5.41) is 4.40. The van der Waals surface area contributed by atoms with E-state index in [0.29, 0.717) is 54.4 Å². The Kier molecular flexibility index (Phi) is 7.99. The summed E-state index contributed by atoms with van der Waals surface area (Å²) in [4.78, 5) is 41.8. The van der Waals surface area contributed by atoms with E-state index in [4.69, 9.17) is 15.2 Å². The lowest BCUT2D eigenvalue weighted by Gasteiger charge is -2.31. The molecular formula is C28H33N5O5. The molecule has 2 N–H and O–H groups in total. The maximum absolute atomic E-state index is 13.8. The third-order valence-corrected chi connectivity index (χ3v) is 6.66. The Morgan fingerprint density at radius 2 is 1.61 bits per heavy atom. The van der Waals surface area contributed by atoms with Crippen LogP contribution >= 0.6 is 0 Å². The first-order valence-corrected chi connectivity index (χ1v) is 12.8. The van der Waals surface area contributed by atoms with Crippen molar-refractivity contribution in [3.05, 3.63) is 59.4 Å². The number of nitrogens with two attached hydrogens (primary N) is 1. The zero-order chi connectivity index (χ0) is 27.4. The van der Waals surface area contributed by atoms with Crippen LogP contribution in [0.1, 0.15) is 59.7 Å². The van der Waals surface area contributed by atoms with Gasteiger partial charge in [-0.3, -0.25) is 14.4 Å². The predicted molar refractivity (Wildman–Crippen MR) is 145 cm³/mol. The average molecular weight is 520 g/mol.